The Kier molecular flexibility index (Phi) is 4.16. The zero-order chi connectivity index (χ0) is 13.6. The van der Waals surface area contributed by atoms with Crippen molar-refractivity contribution in [2.24, 2.45) is 0 Å². The Morgan fingerprint density at radius 1 is 1.00 bits per heavy atom. The lowest BCUT2D eigenvalue weighted by Gasteiger charge is -2.29. The topological polar surface area (TPSA) is 28.2 Å². The summed E-state index contributed by atoms with van der Waals surface area (Å²) in [5.74, 6) is 0. The van der Waals surface area contributed by atoms with Gasteiger partial charge in [-0.2, -0.15) is 0 Å². The average molecular weight is 267 g/mol. The molecular weight excluding hydrogens is 246 g/mol. The van der Waals surface area contributed by atoms with Crippen molar-refractivity contribution in [2.75, 3.05) is 23.3 Å². The summed E-state index contributed by atoms with van der Waals surface area (Å²) in [5, 5.41) is 3.49. The van der Waals surface area contributed by atoms with E-state index in [-0.39, 0.29) is 0 Å². The summed E-state index contributed by atoms with van der Waals surface area (Å²) >= 11 is 0. The Morgan fingerprint density at radius 2 is 1.80 bits per heavy atom. The van der Waals surface area contributed by atoms with E-state index in [0.717, 1.165) is 6.54 Å². The molecule has 0 spiro atoms. The highest BCUT2D eigenvalue weighted by Crippen LogP contribution is 2.23. The molecule has 3 rings (SSSR count). The molecule has 0 saturated carbocycles. The SMILES string of the molecule is c1cc(NCc2ccncc2)cc(N2CCCCC2)c1. The summed E-state index contributed by atoms with van der Waals surface area (Å²) < 4.78 is 0. The second kappa shape index (κ2) is 6.42. The van der Waals surface area contributed by atoms with Crippen LogP contribution in [0, 0.1) is 0 Å². The largest absolute Gasteiger partial charge is 0.381 e. The van der Waals surface area contributed by atoms with Gasteiger partial charge in [-0.3, -0.25) is 4.98 Å². The zero-order valence-electron chi connectivity index (χ0n) is 11.8. The van der Waals surface area contributed by atoms with Gasteiger partial charge in [0.05, 0.1) is 0 Å². The summed E-state index contributed by atoms with van der Waals surface area (Å²) in [4.78, 5) is 6.53. The predicted octanol–water partition coefficient (Wildman–Crippen LogP) is 3.68. The van der Waals surface area contributed by atoms with Gasteiger partial charge in [0, 0.05) is 43.4 Å². The fraction of sp³-hybridized carbons (Fsp3) is 0.353. The van der Waals surface area contributed by atoms with E-state index in [1.54, 1.807) is 0 Å². The Hall–Kier alpha value is -2.03. The van der Waals surface area contributed by atoms with Crippen molar-refractivity contribution in [1.29, 1.82) is 0 Å². The van der Waals surface area contributed by atoms with Gasteiger partial charge in [-0.15, -0.1) is 0 Å². The van der Waals surface area contributed by atoms with E-state index in [1.807, 2.05) is 24.5 Å². The molecule has 2 heterocycles. The smallest absolute Gasteiger partial charge is 0.0401 e. The van der Waals surface area contributed by atoms with E-state index in [1.165, 1.54) is 49.3 Å². The minimum atomic E-state index is 0.839. The third kappa shape index (κ3) is 3.29. The molecule has 3 heteroatoms. The van der Waals surface area contributed by atoms with Crippen LogP contribution in [0.3, 0.4) is 0 Å². The molecule has 104 valence electrons. The summed E-state index contributed by atoms with van der Waals surface area (Å²) in [5.41, 5.74) is 3.78. The van der Waals surface area contributed by atoms with Crippen LogP contribution in [0.15, 0.2) is 48.8 Å². The van der Waals surface area contributed by atoms with Crippen LogP contribution in [0.5, 0.6) is 0 Å². The highest BCUT2D eigenvalue weighted by molar-refractivity contribution is 5.58. The van der Waals surface area contributed by atoms with Gasteiger partial charge in [-0.05, 0) is 55.2 Å². The molecular formula is C17H21N3. The Bertz CT molecular complexity index is 533. The molecule has 1 aromatic heterocycles. The molecule has 0 aliphatic carbocycles. The summed E-state index contributed by atoms with van der Waals surface area (Å²) in [6.45, 7) is 3.22. The molecule has 1 aliphatic heterocycles. The van der Waals surface area contributed by atoms with Crippen LogP contribution in [0.25, 0.3) is 0 Å². The van der Waals surface area contributed by atoms with Gasteiger partial charge in [0.15, 0.2) is 0 Å². The Labute approximate surface area is 120 Å². The van der Waals surface area contributed by atoms with Crippen LogP contribution in [-0.4, -0.2) is 18.1 Å². The van der Waals surface area contributed by atoms with Crippen molar-refractivity contribution in [3.8, 4) is 0 Å². The zero-order valence-corrected chi connectivity index (χ0v) is 11.8. The lowest BCUT2D eigenvalue weighted by molar-refractivity contribution is 0.578. The van der Waals surface area contributed by atoms with Crippen molar-refractivity contribution in [3.63, 3.8) is 0 Å². The molecule has 0 amide bonds. The first-order valence-electron chi connectivity index (χ1n) is 7.39. The van der Waals surface area contributed by atoms with Gasteiger partial charge in [0.2, 0.25) is 0 Å². The second-order valence-electron chi connectivity index (χ2n) is 5.31. The van der Waals surface area contributed by atoms with Gasteiger partial charge in [-0.1, -0.05) is 6.07 Å². The molecule has 0 radical (unpaired) electrons. The van der Waals surface area contributed by atoms with Crippen molar-refractivity contribution in [2.45, 2.75) is 25.8 Å². The van der Waals surface area contributed by atoms with E-state index in [4.69, 9.17) is 0 Å². The molecule has 1 aliphatic rings. The number of hydrogen-bond acceptors (Lipinski definition) is 3. The Morgan fingerprint density at radius 3 is 2.60 bits per heavy atom. The molecule has 1 aromatic carbocycles. The Balaban J connectivity index is 1.65. The summed E-state index contributed by atoms with van der Waals surface area (Å²) in [6, 6.07) is 12.8. The van der Waals surface area contributed by atoms with Crippen molar-refractivity contribution in [1.82, 2.24) is 4.98 Å². The van der Waals surface area contributed by atoms with Crippen LogP contribution in [-0.2, 0) is 6.54 Å². The first-order valence-corrected chi connectivity index (χ1v) is 7.39. The van der Waals surface area contributed by atoms with Crippen molar-refractivity contribution < 1.29 is 0 Å². The van der Waals surface area contributed by atoms with Gasteiger partial charge < -0.3 is 10.2 Å². The van der Waals surface area contributed by atoms with Gasteiger partial charge in [0.1, 0.15) is 0 Å². The number of benzene rings is 1. The molecule has 1 N–H and O–H groups in total. The molecule has 20 heavy (non-hydrogen) atoms. The number of anilines is 2. The lowest BCUT2D eigenvalue weighted by atomic mass is 10.1. The van der Waals surface area contributed by atoms with Crippen molar-refractivity contribution in [3.05, 3.63) is 54.4 Å². The van der Waals surface area contributed by atoms with Gasteiger partial charge >= 0.3 is 0 Å². The summed E-state index contributed by atoms with van der Waals surface area (Å²) in [7, 11) is 0. The summed E-state index contributed by atoms with van der Waals surface area (Å²) in [6.07, 6.45) is 7.67. The predicted molar refractivity (Wildman–Crippen MR) is 84.1 cm³/mol. The minimum Gasteiger partial charge on any atom is -0.381 e. The van der Waals surface area contributed by atoms with Gasteiger partial charge in [0.25, 0.3) is 0 Å². The van der Waals surface area contributed by atoms with E-state index >= 15 is 0 Å². The molecule has 2 aromatic rings. The number of nitrogens with one attached hydrogen (secondary N) is 1. The fourth-order valence-corrected chi connectivity index (χ4v) is 2.67. The van der Waals surface area contributed by atoms with E-state index in [2.05, 4.69) is 39.5 Å². The normalized spacial score (nSPS) is 15.1. The highest BCUT2D eigenvalue weighted by Gasteiger charge is 2.10. The second-order valence-corrected chi connectivity index (χ2v) is 5.31. The maximum absolute atomic E-state index is 4.04. The highest BCUT2D eigenvalue weighted by atomic mass is 15.1. The number of pyridine rings is 1. The average Bonchev–Trinajstić information content (AvgIpc) is 2.55. The van der Waals surface area contributed by atoms with Crippen LogP contribution < -0.4 is 10.2 Å². The molecule has 0 unspecified atom stereocenters. The van der Waals surface area contributed by atoms with Gasteiger partial charge in [-0.25, -0.2) is 0 Å². The molecule has 1 fully saturated rings. The maximum Gasteiger partial charge on any atom is 0.0401 e. The molecule has 0 atom stereocenters. The molecule has 1 saturated heterocycles. The van der Waals surface area contributed by atoms with E-state index in [0.29, 0.717) is 0 Å². The van der Waals surface area contributed by atoms with Crippen LogP contribution in [0.1, 0.15) is 24.8 Å². The number of aromatic nitrogens is 1. The van der Waals surface area contributed by atoms with Crippen molar-refractivity contribution >= 4 is 11.4 Å². The van der Waals surface area contributed by atoms with E-state index in [9.17, 15) is 0 Å². The fourth-order valence-electron chi connectivity index (χ4n) is 2.67. The van der Waals surface area contributed by atoms with Crippen LogP contribution in [0.4, 0.5) is 11.4 Å². The monoisotopic (exact) mass is 267 g/mol. The first kappa shape index (κ1) is 13.0. The number of rotatable bonds is 4. The molecule has 3 nitrogen and oxygen atoms in total. The third-order valence-corrected chi connectivity index (χ3v) is 3.81. The number of nitrogens with zero attached hydrogens (tertiary/aromatic N) is 2. The number of piperidine rings is 1. The molecule has 0 bridgehead atoms. The maximum atomic E-state index is 4.04. The first-order chi connectivity index (χ1) is 9.92. The number of hydrogen-bond donors (Lipinski definition) is 1. The van der Waals surface area contributed by atoms with Crippen LogP contribution >= 0.6 is 0 Å². The standard InChI is InChI=1S/C17H21N3/c1-2-11-20(12-3-1)17-6-4-5-16(13-17)19-14-15-7-9-18-10-8-15/h4-10,13,19H,1-3,11-12,14H2. The van der Waals surface area contributed by atoms with E-state index < -0.39 is 0 Å². The third-order valence-electron chi connectivity index (χ3n) is 3.81. The lowest BCUT2D eigenvalue weighted by Crippen LogP contribution is -2.29. The minimum absolute atomic E-state index is 0.839. The van der Waals surface area contributed by atoms with Crippen LogP contribution in [0.2, 0.25) is 0 Å². The quantitative estimate of drug-likeness (QED) is 0.916.